The van der Waals surface area contributed by atoms with E-state index >= 15 is 0 Å². The van der Waals surface area contributed by atoms with Crippen molar-refractivity contribution in [1.82, 2.24) is 10.1 Å². The third-order valence-corrected chi connectivity index (χ3v) is 3.55. The molecule has 3 rings (SSSR count). The van der Waals surface area contributed by atoms with Gasteiger partial charge >= 0.3 is 0 Å². The predicted octanol–water partition coefficient (Wildman–Crippen LogP) is 2.48. The van der Waals surface area contributed by atoms with Gasteiger partial charge in [-0.3, -0.25) is 0 Å². The molecular weight excluding hydrogens is 260 g/mol. The predicted molar refractivity (Wildman–Crippen MR) is 70.5 cm³/mol. The van der Waals surface area contributed by atoms with Gasteiger partial charge in [0.1, 0.15) is 17.1 Å². The molecule has 1 aliphatic rings. The van der Waals surface area contributed by atoms with Crippen LogP contribution in [0.4, 0.5) is 0 Å². The largest absolute Gasteiger partial charge is 0.507 e. The summed E-state index contributed by atoms with van der Waals surface area (Å²) in [5.74, 6) is 1.39. The summed E-state index contributed by atoms with van der Waals surface area (Å²) in [4.78, 5) is 4.35. The van der Waals surface area contributed by atoms with Crippen LogP contribution in [-0.2, 0) is 10.3 Å². The molecule has 2 heterocycles. The number of hydrogen-bond acceptors (Lipinski definition) is 6. The first-order valence-electron chi connectivity index (χ1n) is 6.48. The fourth-order valence-electron chi connectivity index (χ4n) is 2.32. The molecule has 0 spiro atoms. The van der Waals surface area contributed by atoms with Crippen molar-refractivity contribution in [1.29, 1.82) is 0 Å². The summed E-state index contributed by atoms with van der Waals surface area (Å²) in [5.41, 5.74) is -0.0183. The van der Waals surface area contributed by atoms with Crippen LogP contribution in [0.3, 0.4) is 0 Å². The Balaban J connectivity index is 1.94. The number of phenols is 1. The van der Waals surface area contributed by atoms with Crippen molar-refractivity contribution in [3.63, 3.8) is 0 Å². The Kier molecular flexibility index (Phi) is 3.10. The highest BCUT2D eigenvalue weighted by atomic mass is 16.5. The fourth-order valence-corrected chi connectivity index (χ4v) is 2.32. The normalized spacial score (nSPS) is 22.1. The third kappa shape index (κ3) is 2.12. The Morgan fingerprint density at radius 1 is 1.40 bits per heavy atom. The van der Waals surface area contributed by atoms with Crippen LogP contribution in [0.1, 0.15) is 25.6 Å². The molecule has 1 aromatic heterocycles. The first-order valence-corrected chi connectivity index (χ1v) is 6.48. The van der Waals surface area contributed by atoms with Crippen LogP contribution in [0.5, 0.6) is 11.5 Å². The second-order valence-electron chi connectivity index (χ2n) is 4.99. The van der Waals surface area contributed by atoms with E-state index in [0.29, 0.717) is 23.7 Å². The van der Waals surface area contributed by atoms with Crippen molar-refractivity contribution < 1.29 is 19.1 Å². The Morgan fingerprint density at radius 3 is 2.90 bits per heavy atom. The lowest BCUT2D eigenvalue weighted by atomic mass is 10.0. The number of benzene rings is 1. The molecule has 1 fully saturated rings. The molecule has 1 atom stereocenters. The van der Waals surface area contributed by atoms with Crippen molar-refractivity contribution in [3.05, 3.63) is 24.0 Å². The molecule has 2 aromatic rings. The number of aromatic hydroxyl groups is 1. The second kappa shape index (κ2) is 4.79. The van der Waals surface area contributed by atoms with Crippen LogP contribution in [0.15, 0.2) is 22.7 Å². The Hall–Kier alpha value is -2.08. The van der Waals surface area contributed by atoms with Gasteiger partial charge in [0, 0.05) is 12.7 Å². The van der Waals surface area contributed by atoms with Gasteiger partial charge in [0.25, 0.3) is 5.89 Å². The van der Waals surface area contributed by atoms with Crippen molar-refractivity contribution in [2.24, 2.45) is 0 Å². The zero-order valence-electron chi connectivity index (χ0n) is 11.4. The third-order valence-electron chi connectivity index (χ3n) is 3.55. The standard InChI is InChI=1S/C14H16N2O4/c1-14(6-3-7-19-14)13-15-12(20-16-13)10-5-4-9(18-2)8-11(10)17/h4-5,8,17H,3,6-7H2,1-2H3. The molecule has 6 heteroatoms. The summed E-state index contributed by atoms with van der Waals surface area (Å²) >= 11 is 0. The van der Waals surface area contributed by atoms with E-state index in [1.807, 2.05) is 6.92 Å². The van der Waals surface area contributed by atoms with E-state index in [0.717, 1.165) is 12.8 Å². The van der Waals surface area contributed by atoms with Gasteiger partial charge in [0.15, 0.2) is 0 Å². The Labute approximate surface area is 116 Å². The van der Waals surface area contributed by atoms with Crippen LogP contribution >= 0.6 is 0 Å². The van der Waals surface area contributed by atoms with Gasteiger partial charge in [-0.25, -0.2) is 0 Å². The van der Waals surface area contributed by atoms with E-state index in [1.54, 1.807) is 12.1 Å². The lowest BCUT2D eigenvalue weighted by Crippen LogP contribution is -2.21. The maximum absolute atomic E-state index is 9.98. The zero-order chi connectivity index (χ0) is 14.2. The molecule has 0 aliphatic carbocycles. The summed E-state index contributed by atoms with van der Waals surface area (Å²) in [7, 11) is 1.54. The van der Waals surface area contributed by atoms with Crippen molar-refractivity contribution in [3.8, 4) is 23.0 Å². The summed E-state index contributed by atoms with van der Waals surface area (Å²) in [6.07, 6.45) is 1.84. The summed E-state index contributed by atoms with van der Waals surface area (Å²) in [5, 5.41) is 14.0. The van der Waals surface area contributed by atoms with E-state index in [9.17, 15) is 5.11 Å². The van der Waals surface area contributed by atoms with Crippen LogP contribution < -0.4 is 4.74 Å². The van der Waals surface area contributed by atoms with Crippen molar-refractivity contribution in [2.75, 3.05) is 13.7 Å². The van der Waals surface area contributed by atoms with E-state index < -0.39 is 5.60 Å². The molecule has 1 aromatic carbocycles. The molecule has 0 bridgehead atoms. The van der Waals surface area contributed by atoms with Crippen LogP contribution in [0.25, 0.3) is 11.5 Å². The Morgan fingerprint density at radius 2 is 2.25 bits per heavy atom. The molecule has 1 saturated heterocycles. The quantitative estimate of drug-likeness (QED) is 0.928. The van der Waals surface area contributed by atoms with Gasteiger partial charge in [-0.2, -0.15) is 4.98 Å². The van der Waals surface area contributed by atoms with Gasteiger partial charge in [-0.1, -0.05) is 5.16 Å². The number of rotatable bonds is 3. The number of ether oxygens (including phenoxy) is 2. The lowest BCUT2D eigenvalue weighted by molar-refractivity contribution is 0.00768. The molecule has 0 radical (unpaired) electrons. The number of phenolic OH excluding ortho intramolecular Hbond substituents is 1. The SMILES string of the molecule is COc1ccc(-c2nc(C3(C)CCCO3)no2)c(O)c1. The molecule has 6 nitrogen and oxygen atoms in total. The van der Waals surface area contributed by atoms with Gasteiger partial charge in [0.2, 0.25) is 5.82 Å². The van der Waals surface area contributed by atoms with E-state index in [2.05, 4.69) is 10.1 Å². The van der Waals surface area contributed by atoms with Crippen LogP contribution in [0, 0.1) is 0 Å². The summed E-state index contributed by atoms with van der Waals surface area (Å²) < 4.78 is 16.0. The minimum absolute atomic E-state index is 0.0389. The second-order valence-corrected chi connectivity index (χ2v) is 4.99. The molecule has 20 heavy (non-hydrogen) atoms. The number of methoxy groups -OCH3 is 1. The van der Waals surface area contributed by atoms with E-state index in [1.165, 1.54) is 13.2 Å². The van der Waals surface area contributed by atoms with E-state index in [-0.39, 0.29) is 11.6 Å². The molecule has 0 amide bonds. The minimum atomic E-state index is -0.496. The molecule has 1 unspecified atom stereocenters. The molecule has 0 saturated carbocycles. The van der Waals surface area contributed by atoms with Crippen LogP contribution in [0.2, 0.25) is 0 Å². The van der Waals surface area contributed by atoms with Gasteiger partial charge in [-0.15, -0.1) is 0 Å². The number of nitrogens with zero attached hydrogens (tertiary/aromatic N) is 2. The highest BCUT2D eigenvalue weighted by molar-refractivity contribution is 5.63. The van der Waals surface area contributed by atoms with Gasteiger partial charge < -0.3 is 19.1 Å². The average Bonchev–Trinajstić information content (AvgIpc) is 3.08. The van der Waals surface area contributed by atoms with Crippen molar-refractivity contribution >= 4 is 0 Å². The minimum Gasteiger partial charge on any atom is -0.507 e. The van der Waals surface area contributed by atoms with Gasteiger partial charge in [-0.05, 0) is 31.9 Å². The first-order chi connectivity index (χ1) is 9.62. The van der Waals surface area contributed by atoms with Crippen LogP contribution in [-0.4, -0.2) is 29.0 Å². The maximum atomic E-state index is 9.98. The van der Waals surface area contributed by atoms with Gasteiger partial charge in [0.05, 0.1) is 12.7 Å². The molecule has 1 aliphatic heterocycles. The first kappa shape index (κ1) is 12.9. The summed E-state index contributed by atoms with van der Waals surface area (Å²) in [6, 6.07) is 4.92. The number of hydrogen-bond donors (Lipinski definition) is 1. The van der Waals surface area contributed by atoms with Crippen molar-refractivity contribution in [2.45, 2.75) is 25.4 Å². The lowest BCUT2D eigenvalue weighted by Gasteiger charge is -2.17. The zero-order valence-corrected chi connectivity index (χ0v) is 11.4. The molecule has 1 N–H and O–H groups in total. The molecular formula is C14H16N2O4. The average molecular weight is 276 g/mol. The Bertz CT molecular complexity index is 617. The number of aromatic nitrogens is 2. The highest BCUT2D eigenvalue weighted by Crippen LogP contribution is 2.36. The summed E-state index contributed by atoms with van der Waals surface area (Å²) in [6.45, 7) is 2.65. The van der Waals surface area contributed by atoms with E-state index in [4.69, 9.17) is 14.0 Å². The monoisotopic (exact) mass is 276 g/mol. The smallest absolute Gasteiger partial charge is 0.261 e. The maximum Gasteiger partial charge on any atom is 0.261 e. The fraction of sp³-hybridized carbons (Fsp3) is 0.429. The topological polar surface area (TPSA) is 77.6 Å². The highest BCUT2D eigenvalue weighted by Gasteiger charge is 2.36. The molecule has 106 valence electrons.